The van der Waals surface area contributed by atoms with Crippen LogP contribution in [0.15, 0.2) is 30.3 Å². The Morgan fingerprint density at radius 2 is 1.95 bits per heavy atom. The van der Waals surface area contributed by atoms with Crippen LogP contribution in [0.4, 0.5) is 4.79 Å². The minimum absolute atomic E-state index is 0.0237. The number of rotatable bonds is 7. The van der Waals surface area contributed by atoms with E-state index in [9.17, 15) is 14.7 Å². The molecule has 2 N–H and O–H groups in total. The molecule has 6 heteroatoms. The summed E-state index contributed by atoms with van der Waals surface area (Å²) in [5.74, 6) is 0.662. The number of aliphatic hydroxyl groups is 1. The lowest BCUT2D eigenvalue weighted by Gasteiger charge is -2.18. The minimum Gasteiger partial charge on any atom is -0.491 e. The summed E-state index contributed by atoms with van der Waals surface area (Å²) in [6, 6.07) is 8.14. The number of urea groups is 1. The summed E-state index contributed by atoms with van der Waals surface area (Å²) in [4.78, 5) is 25.0. The Morgan fingerprint density at radius 1 is 1.27 bits per heavy atom. The van der Waals surface area contributed by atoms with E-state index in [0.717, 1.165) is 4.90 Å². The van der Waals surface area contributed by atoms with Gasteiger partial charge in [-0.15, -0.1) is 0 Å². The molecule has 0 aromatic heterocycles. The average molecular weight is 306 g/mol. The Labute approximate surface area is 130 Å². The number of benzene rings is 1. The van der Waals surface area contributed by atoms with Gasteiger partial charge in [0.15, 0.2) is 0 Å². The number of hydrogen-bond acceptors (Lipinski definition) is 4. The van der Waals surface area contributed by atoms with Crippen molar-refractivity contribution in [1.82, 2.24) is 10.2 Å². The van der Waals surface area contributed by atoms with Gasteiger partial charge in [-0.2, -0.15) is 0 Å². The number of nitrogens with one attached hydrogen (secondary N) is 1. The highest BCUT2D eigenvalue weighted by atomic mass is 16.5. The van der Waals surface area contributed by atoms with Gasteiger partial charge in [0.25, 0.3) is 5.91 Å². The van der Waals surface area contributed by atoms with Crippen molar-refractivity contribution in [1.29, 1.82) is 0 Å². The van der Waals surface area contributed by atoms with E-state index in [-0.39, 0.29) is 19.1 Å². The fourth-order valence-corrected chi connectivity index (χ4v) is 2.35. The molecule has 0 radical (unpaired) electrons. The molecule has 2 unspecified atom stereocenters. The highest BCUT2D eigenvalue weighted by Crippen LogP contribution is 2.15. The molecule has 2 rings (SSSR count). The molecule has 0 aliphatic carbocycles. The molecule has 0 saturated carbocycles. The van der Waals surface area contributed by atoms with E-state index in [0.29, 0.717) is 18.1 Å². The third-order valence-corrected chi connectivity index (χ3v) is 3.39. The van der Waals surface area contributed by atoms with E-state index in [1.54, 1.807) is 12.1 Å². The summed E-state index contributed by atoms with van der Waals surface area (Å²) in [6.45, 7) is 3.94. The second-order valence-corrected chi connectivity index (χ2v) is 5.86. The summed E-state index contributed by atoms with van der Waals surface area (Å²) >= 11 is 0. The van der Waals surface area contributed by atoms with Crippen molar-refractivity contribution in [2.45, 2.75) is 32.4 Å². The molecule has 6 nitrogen and oxygen atoms in total. The van der Waals surface area contributed by atoms with Crippen molar-refractivity contribution in [3.63, 3.8) is 0 Å². The molecular weight excluding hydrogens is 284 g/mol. The number of β-amino-alcohol motifs (C(OH)–C–C–N with tert-alkyl or cyclic N) is 1. The zero-order chi connectivity index (χ0) is 16.1. The lowest BCUT2D eigenvalue weighted by atomic mass is 10.0. The van der Waals surface area contributed by atoms with E-state index < -0.39 is 18.2 Å². The summed E-state index contributed by atoms with van der Waals surface area (Å²) in [5, 5.41) is 12.6. The standard InChI is InChI=1S/C16H22N2O4/c1-11(2)8-14-15(20)18(16(21)17-14)9-12(19)10-22-13-6-4-3-5-7-13/h3-7,11-12,14,19H,8-10H2,1-2H3,(H,17,21). The number of carbonyl (C=O) groups is 2. The fraction of sp³-hybridized carbons (Fsp3) is 0.500. The largest absolute Gasteiger partial charge is 0.491 e. The second-order valence-electron chi connectivity index (χ2n) is 5.86. The number of carbonyl (C=O) groups excluding carboxylic acids is 2. The molecule has 0 spiro atoms. The average Bonchev–Trinajstić information content (AvgIpc) is 2.73. The SMILES string of the molecule is CC(C)CC1NC(=O)N(CC(O)COc2ccccc2)C1=O. The monoisotopic (exact) mass is 306 g/mol. The van der Waals surface area contributed by atoms with Crippen molar-refractivity contribution in [3.05, 3.63) is 30.3 Å². The number of ether oxygens (including phenoxy) is 1. The van der Waals surface area contributed by atoms with Crippen LogP contribution >= 0.6 is 0 Å². The zero-order valence-electron chi connectivity index (χ0n) is 12.9. The Balaban J connectivity index is 1.84. The quantitative estimate of drug-likeness (QED) is 0.746. The molecule has 120 valence electrons. The highest BCUT2D eigenvalue weighted by Gasteiger charge is 2.38. The van der Waals surface area contributed by atoms with Crippen LogP contribution in [0.25, 0.3) is 0 Å². The molecule has 1 fully saturated rings. The van der Waals surface area contributed by atoms with Gasteiger partial charge >= 0.3 is 6.03 Å². The lowest BCUT2D eigenvalue weighted by molar-refractivity contribution is -0.128. The Kier molecular flexibility index (Phi) is 5.38. The topological polar surface area (TPSA) is 78.9 Å². The smallest absolute Gasteiger partial charge is 0.324 e. The van der Waals surface area contributed by atoms with Gasteiger partial charge in [-0.05, 0) is 24.5 Å². The maximum absolute atomic E-state index is 12.2. The third-order valence-electron chi connectivity index (χ3n) is 3.39. The molecule has 1 aromatic carbocycles. The molecule has 0 bridgehead atoms. The van der Waals surface area contributed by atoms with Crippen LogP contribution in [0.1, 0.15) is 20.3 Å². The first-order valence-electron chi connectivity index (χ1n) is 7.45. The first-order chi connectivity index (χ1) is 10.5. The normalized spacial score (nSPS) is 19.5. The highest BCUT2D eigenvalue weighted by molar-refractivity contribution is 6.04. The Hall–Kier alpha value is -2.08. The third kappa shape index (κ3) is 4.21. The minimum atomic E-state index is -0.923. The van der Waals surface area contributed by atoms with Crippen LogP contribution in [-0.2, 0) is 4.79 Å². The number of para-hydroxylation sites is 1. The van der Waals surface area contributed by atoms with E-state index >= 15 is 0 Å². The van der Waals surface area contributed by atoms with Crippen molar-refractivity contribution in [2.75, 3.05) is 13.2 Å². The van der Waals surface area contributed by atoms with Crippen LogP contribution in [0.3, 0.4) is 0 Å². The molecule has 1 heterocycles. The molecule has 2 atom stereocenters. The molecule has 3 amide bonds. The van der Waals surface area contributed by atoms with Crippen LogP contribution in [0.5, 0.6) is 5.75 Å². The summed E-state index contributed by atoms with van der Waals surface area (Å²) in [6.07, 6.45) is -0.328. The zero-order valence-corrected chi connectivity index (χ0v) is 12.9. The predicted octanol–water partition coefficient (Wildman–Crippen LogP) is 1.39. The number of aliphatic hydroxyl groups excluding tert-OH is 1. The van der Waals surface area contributed by atoms with Gasteiger partial charge in [-0.25, -0.2) is 4.79 Å². The lowest BCUT2D eigenvalue weighted by Crippen LogP contribution is -2.40. The van der Waals surface area contributed by atoms with E-state index in [1.807, 2.05) is 32.0 Å². The maximum Gasteiger partial charge on any atom is 0.324 e. The number of nitrogens with zero attached hydrogens (tertiary/aromatic N) is 1. The van der Waals surface area contributed by atoms with Crippen molar-refractivity contribution in [3.8, 4) is 5.75 Å². The number of amides is 3. The second kappa shape index (κ2) is 7.26. The van der Waals surface area contributed by atoms with E-state index in [4.69, 9.17) is 4.74 Å². The summed E-state index contributed by atoms with van der Waals surface area (Å²) in [5.41, 5.74) is 0. The summed E-state index contributed by atoms with van der Waals surface area (Å²) < 4.78 is 5.42. The van der Waals surface area contributed by atoms with Crippen LogP contribution in [-0.4, -0.2) is 47.2 Å². The van der Waals surface area contributed by atoms with Crippen molar-refractivity contribution in [2.24, 2.45) is 5.92 Å². The van der Waals surface area contributed by atoms with Gasteiger partial charge in [-0.1, -0.05) is 32.0 Å². The predicted molar refractivity (Wildman–Crippen MR) is 81.4 cm³/mol. The van der Waals surface area contributed by atoms with Crippen LogP contribution < -0.4 is 10.1 Å². The first kappa shape index (κ1) is 16.3. The Bertz CT molecular complexity index is 518. The Morgan fingerprint density at radius 3 is 2.59 bits per heavy atom. The van der Waals surface area contributed by atoms with Gasteiger partial charge < -0.3 is 15.2 Å². The molecule has 1 saturated heterocycles. The van der Waals surface area contributed by atoms with Gasteiger partial charge in [0.2, 0.25) is 0 Å². The van der Waals surface area contributed by atoms with Crippen molar-refractivity contribution < 1.29 is 19.4 Å². The van der Waals surface area contributed by atoms with E-state index in [2.05, 4.69) is 5.32 Å². The summed E-state index contributed by atoms with van der Waals surface area (Å²) in [7, 11) is 0. The molecule has 1 aliphatic heterocycles. The maximum atomic E-state index is 12.2. The van der Waals surface area contributed by atoms with Gasteiger partial charge in [0.05, 0.1) is 6.54 Å². The number of imide groups is 1. The van der Waals surface area contributed by atoms with Gasteiger partial charge in [0.1, 0.15) is 24.5 Å². The van der Waals surface area contributed by atoms with Gasteiger partial charge in [-0.3, -0.25) is 9.69 Å². The molecular formula is C16H22N2O4. The van der Waals surface area contributed by atoms with Crippen LogP contribution in [0.2, 0.25) is 0 Å². The fourth-order valence-electron chi connectivity index (χ4n) is 2.35. The molecule has 1 aromatic rings. The van der Waals surface area contributed by atoms with Gasteiger partial charge in [0, 0.05) is 0 Å². The number of hydrogen-bond donors (Lipinski definition) is 2. The van der Waals surface area contributed by atoms with Crippen molar-refractivity contribution >= 4 is 11.9 Å². The first-order valence-corrected chi connectivity index (χ1v) is 7.45. The van der Waals surface area contributed by atoms with E-state index in [1.165, 1.54) is 0 Å². The molecule has 1 aliphatic rings. The van der Waals surface area contributed by atoms with Crippen LogP contribution in [0, 0.1) is 5.92 Å². The molecule has 22 heavy (non-hydrogen) atoms.